The molecule has 0 atom stereocenters. The van der Waals surface area contributed by atoms with E-state index in [0.717, 1.165) is 26.6 Å². The van der Waals surface area contributed by atoms with Crippen LogP contribution < -0.4 is 5.32 Å². The number of aromatic nitrogens is 2. The molecule has 0 unspecified atom stereocenters. The third kappa shape index (κ3) is 3.52. The molecule has 1 aromatic heterocycles. The molecule has 0 aliphatic heterocycles. The second-order valence-corrected chi connectivity index (χ2v) is 5.90. The Balaban J connectivity index is 2.16. The molecular formula is C12H13BrIN3O. The first-order valence-corrected chi connectivity index (χ1v) is 7.56. The van der Waals surface area contributed by atoms with Gasteiger partial charge in [0.2, 0.25) is 11.8 Å². The fourth-order valence-electron chi connectivity index (χ4n) is 1.47. The zero-order valence-corrected chi connectivity index (χ0v) is 13.7. The van der Waals surface area contributed by atoms with Crippen molar-refractivity contribution in [1.29, 1.82) is 0 Å². The van der Waals surface area contributed by atoms with Crippen LogP contribution in [0.15, 0.2) is 27.1 Å². The third-order valence-corrected chi connectivity index (χ3v) is 3.69. The summed E-state index contributed by atoms with van der Waals surface area (Å²) in [7, 11) is 0. The van der Waals surface area contributed by atoms with E-state index in [1.807, 2.05) is 18.2 Å². The first kappa shape index (κ1) is 14.0. The average Bonchev–Trinajstić information content (AvgIpc) is 2.81. The summed E-state index contributed by atoms with van der Waals surface area (Å²) in [6.45, 7) is 3.68. The smallest absolute Gasteiger partial charge is 0.248 e. The van der Waals surface area contributed by atoms with E-state index in [0.29, 0.717) is 18.3 Å². The molecule has 2 aromatic rings. The number of nitrogens with one attached hydrogen (secondary N) is 1. The Morgan fingerprint density at radius 2 is 2.22 bits per heavy atom. The SMILES string of the molecule is CCCNCc1nnc(-c2cc(I)ccc2Br)o1. The first-order valence-electron chi connectivity index (χ1n) is 5.69. The van der Waals surface area contributed by atoms with Gasteiger partial charge in [0, 0.05) is 8.04 Å². The van der Waals surface area contributed by atoms with Gasteiger partial charge in [0.25, 0.3) is 0 Å². The second kappa shape index (κ2) is 6.63. The predicted molar refractivity (Wildman–Crippen MR) is 82.1 cm³/mol. The van der Waals surface area contributed by atoms with Crippen molar-refractivity contribution in [2.75, 3.05) is 6.54 Å². The molecular weight excluding hydrogens is 409 g/mol. The van der Waals surface area contributed by atoms with Crippen LogP contribution in [0.2, 0.25) is 0 Å². The van der Waals surface area contributed by atoms with Crippen LogP contribution in [0.4, 0.5) is 0 Å². The molecule has 0 amide bonds. The predicted octanol–water partition coefficient (Wildman–Crippen LogP) is 3.60. The van der Waals surface area contributed by atoms with E-state index in [4.69, 9.17) is 4.42 Å². The second-order valence-electron chi connectivity index (χ2n) is 3.80. The lowest BCUT2D eigenvalue weighted by Crippen LogP contribution is -2.13. The van der Waals surface area contributed by atoms with Gasteiger partial charge >= 0.3 is 0 Å². The molecule has 4 nitrogen and oxygen atoms in total. The highest BCUT2D eigenvalue weighted by Gasteiger charge is 2.11. The minimum Gasteiger partial charge on any atom is -0.419 e. The van der Waals surface area contributed by atoms with Gasteiger partial charge in [0.05, 0.1) is 12.1 Å². The van der Waals surface area contributed by atoms with Gasteiger partial charge in [-0.2, -0.15) is 0 Å². The number of rotatable bonds is 5. The molecule has 0 aliphatic carbocycles. The van der Waals surface area contributed by atoms with Crippen LogP contribution in [0.5, 0.6) is 0 Å². The van der Waals surface area contributed by atoms with E-state index in [-0.39, 0.29) is 0 Å². The Kier molecular flexibility index (Phi) is 5.13. The Morgan fingerprint density at radius 3 is 3.00 bits per heavy atom. The molecule has 0 saturated heterocycles. The van der Waals surface area contributed by atoms with Crippen molar-refractivity contribution in [1.82, 2.24) is 15.5 Å². The summed E-state index contributed by atoms with van der Waals surface area (Å²) < 4.78 is 7.73. The molecule has 1 N–H and O–H groups in total. The fourth-order valence-corrected chi connectivity index (χ4v) is 2.37. The van der Waals surface area contributed by atoms with Crippen LogP contribution in [0.25, 0.3) is 11.5 Å². The Labute approximate surface area is 128 Å². The summed E-state index contributed by atoms with van der Waals surface area (Å²) in [5.74, 6) is 1.16. The number of benzene rings is 1. The maximum atomic E-state index is 5.63. The first-order chi connectivity index (χ1) is 8.70. The van der Waals surface area contributed by atoms with Crippen LogP contribution in [0, 0.1) is 3.57 Å². The number of nitrogens with zero attached hydrogens (tertiary/aromatic N) is 2. The van der Waals surface area contributed by atoms with E-state index < -0.39 is 0 Å². The summed E-state index contributed by atoms with van der Waals surface area (Å²) in [5, 5.41) is 11.3. The van der Waals surface area contributed by atoms with E-state index in [9.17, 15) is 0 Å². The fraction of sp³-hybridized carbons (Fsp3) is 0.333. The standard InChI is InChI=1S/C12H13BrIN3O/c1-2-5-15-7-11-16-17-12(18-11)9-6-8(14)3-4-10(9)13/h3-4,6,15H,2,5,7H2,1H3. The van der Waals surface area contributed by atoms with Crippen LogP contribution in [-0.4, -0.2) is 16.7 Å². The van der Waals surface area contributed by atoms with Gasteiger partial charge in [0.1, 0.15) is 0 Å². The lowest BCUT2D eigenvalue weighted by Gasteiger charge is -2.00. The molecule has 0 radical (unpaired) electrons. The van der Waals surface area contributed by atoms with Crippen molar-refractivity contribution in [2.45, 2.75) is 19.9 Å². The van der Waals surface area contributed by atoms with Crippen molar-refractivity contribution in [3.63, 3.8) is 0 Å². The molecule has 0 fully saturated rings. The maximum Gasteiger partial charge on any atom is 0.248 e. The molecule has 0 saturated carbocycles. The minimum atomic E-state index is 0.550. The van der Waals surface area contributed by atoms with Gasteiger partial charge in [0.15, 0.2) is 0 Å². The van der Waals surface area contributed by atoms with Gasteiger partial charge in [-0.25, -0.2) is 0 Å². The van der Waals surface area contributed by atoms with Crippen LogP contribution >= 0.6 is 38.5 Å². The van der Waals surface area contributed by atoms with Crippen molar-refractivity contribution >= 4 is 38.5 Å². The summed E-state index contributed by atoms with van der Waals surface area (Å²) >= 11 is 5.75. The zero-order chi connectivity index (χ0) is 13.0. The lowest BCUT2D eigenvalue weighted by atomic mass is 10.2. The van der Waals surface area contributed by atoms with Crippen molar-refractivity contribution in [2.24, 2.45) is 0 Å². The monoisotopic (exact) mass is 421 g/mol. The van der Waals surface area contributed by atoms with Gasteiger partial charge in [-0.1, -0.05) is 6.92 Å². The maximum absolute atomic E-state index is 5.63. The largest absolute Gasteiger partial charge is 0.419 e. The van der Waals surface area contributed by atoms with Crippen LogP contribution in [0.1, 0.15) is 19.2 Å². The molecule has 6 heteroatoms. The molecule has 0 aliphatic rings. The Bertz CT molecular complexity index is 530. The van der Waals surface area contributed by atoms with Gasteiger partial charge < -0.3 is 9.73 Å². The molecule has 0 bridgehead atoms. The molecule has 1 heterocycles. The number of hydrogen-bond donors (Lipinski definition) is 1. The third-order valence-electron chi connectivity index (χ3n) is 2.33. The van der Waals surface area contributed by atoms with E-state index >= 15 is 0 Å². The van der Waals surface area contributed by atoms with Gasteiger partial charge in [-0.3, -0.25) is 0 Å². The van der Waals surface area contributed by atoms with Crippen LogP contribution in [0.3, 0.4) is 0 Å². The van der Waals surface area contributed by atoms with Crippen LogP contribution in [-0.2, 0) is 6.54 Å². The molecule has 96 valence electrons. The molecule has 0 spiro atoms. The topological polar surface area (TPSA) is 51.0 Å². The van der Waals surface area contributed by atoms with Gasteiger partial charge in [-0.05, 0) is 69.7 Å². The summed E-state index contributed by atoms with van der Waals surface area (Å²) in [4.78, 5) is 0. The Morgan fingerprint density at radius 1 is 1.39 bits per heavy atom. The minimum absolute atomic E-state index is 0.550. The van der Waals surface area contributed by atoms with Crippen molar-refractivity contribution in [3.05, 3.63) is 32.1 Å². The quantitative estimate of drug-likeness (QED) is 0.591. The molecule has 2 rings (SSSR count). The number of hydrogen-bond acceptors (Lipinski definition) is 4. The van der Waals surface area contributed by atoms with Gasteiger partial charge in [-0.15, -0.1) is 10.2 Å². The van der Waals surface area contributed by atoms with E-state index in [1.165, 1.54) is 0 Å². The molecule has 1 aromatic carbocycles. The zero-order valence-electron chi connectivity index (χ0n) is 9.91. The average molecular weight is 422 g/mol. The van der Waals surface area contributed by atoms with Crippen molar-refractivity contribution in [3.8, 4) is 11.5 Å². The number of halogens is 2. The highest BCUT2D eigenvalue weighted by atomic mass is 127. The normalized spacial score (nSPS) is 10.8. The lowest BCUT2D eigenvalue weighted by molar-refractivity contribution is 0.477. The van der Waals surface area contributed by atoms with Crippen molar-refractivity contribution < 1.29 is 4.42 Å². The summed E-state index contributed by atoms with van der Waals surface area (Å²) in [6, 6.07) is 6.02. The summed E-state index contributed by atoms with van der Waals surface area (Å²) in [6.07, 6.45) is 1.09. The highest BCUT2D eigenvalue weighted by molar-refractivity contribution is 14.1. The molecule has 18 heavy (non-hydrogen) atoms. The van der Waals surface area contributed by atoms with E-state index in [2.05, 4.69) is 61.0 Å². The van der Waals surface area contributed by atoms with E-state index in [1.54, 1.807) is 0 Å². The highest BCUT2D eigenvalue weighted by Crippen LogP contribution is 2.28. The summed E-state index contributed by atoms with van der Waals surface area (Å²) in [5.41, 5.74) is 0.927. The Hall–Kier alpha value is -0.470.